The van der Waals surface area contributed by atoms with Gasteiger partial charge in [0.15, 0.2) is 23.2 Å². The van der Waals surface area contributed by atoms with Crippen molar-refractivity contribution in [1.29, 1.82) is 0 Å². The number of methoxy groups -OCH3 is 1. The number of fused-ring (bicyclic) bond motifs is 1. The first kappa shape index (κ1) is 20.7. The van der Waals surface area contributed by atoms with E-state index < -0.39 is 24.5 Å². The van der Waals surface area contributed by atoms with Gasteiger partial charge < -0.3 is 24.4 Å². The molecular weight excluding hydrogens is 404 g/mol. The summed E-state index contributed by atoms with van der Waals surface area (Å²) in [5, 5.41) is 22.7. The quantitative estimate of drug-likeness (QED) is 0.537. The number of rotatable bonds is 7. The molecule has 0 bridgehead atoms. The van der Waals surface area contributed by atoms with Crippen LogP contribution < -0.4 is 5.43 Å². The summed E-state index contributed by atoms with van der Waals surface area (Å²) in [6.07, 6.45) is -0.465. The molecule has 0 radical (unpaired) electrons. The normalized spacial score (nSPS) is 30.4. The lowest BCUT2D eigenvalue weighted by molar-refractivity contribution is -0.0580. The Bertz CT molecular complexity index is 853. The number of aliphatic hydroxyl groups excluding tert-OH is 2. The number of hydrogen-bond donors (Lipinski definition) is 3. The lowest BCUT2D eigenvalue weighted by Gasteiger charge is -2.25. The molecule has 0 aromatic carbocycles. The van der Waals surface area contributed by atoms with Crippen molar-refractivity contribution in [3.05, 3.63) is 11.6 Å². The standard InChI is InChI=1S/C17H25ClN6O5/c1-3-28-10-5-4-6-24(10)22-14-11-15(21-17(18)20-14)23(8-19-11)16-13(26)12(25)9(29-16)7-27-2/h8-10,12-13,16,25-26H,3-7H2,1-2H3,(H,20,21,22)/t9-,10?,12-,13-,16+/m1/s1. The van der Waals surface area contributed by atoms with Crippen LogP contribution in [-0.2, 0) is 14.2 Å². The predicted molar refractivity (Wildman–Crippen MR) is 103 cm³/mol. The SMILES string of the molecule is CCOC1CCCN1Nc1nc(Cl)nc2c1ncn2[C@H]1O[C@H](COC)[C@@H](O)[C@H]1O. The van der Waals surface area contributed by atoms with Crippen molar-refractivity contribution in [3.8, 4) is 0 Å². The van der Waals surface area contributed by atoms with E-state index in [9.17, 15) is 10.2 Å². The van der Waals surface area contributed by atoms with Crippen molar-refractivity contribution in [2.24, 2.45) is 0 Å². The molecular formula is C17H25ClN6O5. The second kappa shape index (κ2) is 8.64. The van der Waals surface area contributed by atoms with Crippen molar-refractivity contribution in [1.82, 2.24) is 24.5 Å². The first-order chi connectivity index (χ1) is 14.0. The zero-order valence-corrected chi connectivity index (χ0v) is 17.0. The third-order valence-corrected chi connectivity index (χ3v) is 5.31. The number of halogens is 1. The van der Waals surface area contributed by atoms with Crippen molar-refractivity contribution >= 4 is 28.6 Å². The van der Waals surface area contributed by atoms with Gasteiger partial charge in [0.1, 0.15) is 24.5 Å². The van der Waals surface area contributed by atoms with Gasteiger partial charge in [-0.25, -0.2) is 4.98 Å². The molecule has 1 unspecified atom stereocenters. The molecule has 29 heavy (non-hydrogen) atoms. The van der Waals surface area contributed by atoms with Gasteiger partial charge in [-0.15, -0.1) is 0 Å². The summed E-state index contributed by atoms with van der Waals surface area (Å²) in [7, 11) is 1.50. The number of hydrogen-bond acceptors (Lipinski definition) is 10. The van der Waals surface area contributed by atoms with Gasteiger partial charge in [0.2, 0.25) is 5.28 Å². The third kappa shape index (κ3) is 3.91. The summed E-state index contributed by atoms with van der Waals surface area (Å²) in [5.74, 6) is 0.437. The molecule has 2 aromatic heterocycles. The van der Waals surface area contributed by atoms with E-state index in [4.69, 9.17) is 25.8 Å². The largest absolute Gasteiger partial charge is 0.387 e. The van der Waals surface area contributed by atoms with E-state index in [-0.39, 0.29) is 18.1 Å². The monoisotopic (exact) mass is 428 g/mol. The van der Waals surface area contributed by atoms with E-state index in [1.54, 1.807) is 4.57 Å². The van der Waals surface area contributed by atoms with Crippen LogP contribution in [0.25, 0.3) is 11.2 Å². The molecule has 2 saturated heterocycles. The van der Waals surface area contributed by atoms with Crippen LogP contribution in [0, 0.1) is 0 Å². The van der Waals surface area contributed by atoms with Crippen LogP contribution in [0.1, 0.15) is 26.0 Å². The van der Waals surface area contributed by atoms with E-state index in [1.165, 1.54) is 13.4 Å². The summed E-state index contributed by atoms with van der Waals surface area (Å²) >= 11 is 6.16. The molecule has 11 nitrogen and oxygen atoms in total. The second-order valence-corrected chi connectivity index (χ2v) is 7.36. The molecule has 0 spiro atoms. The minimum absolute atomic E-state index is 0.0235. The smallest absolute Gasteiger partial charge is 0.226 e. The van der Waals surface area contributed by atoms with Gasteiger partial charge in [0.25, 0.3) is 0 Å². The van der Waals surface area contributed by atoms with Gasteiger partial charge in [-0.05, 0) is 31.4 Å². The fourth-order valence-electron chi connectivity index (χ4n) is 3.78. The third-order valence-electron chi connectivity index (χ3n) is 5.14. The van der Waals surface area contributed by atoms with Gasteiger partial charge in [0, 0.05) is 20.3 Å². The number of anilines is 1. The summed E-state index contributed by atoms with van der Waals surface area (Å²) in [6.45, 7) is 3.51. The number of hydrazine groups is 1. The molecule has 2 aliphatic rings. The Morgan fingerprint density at radius 2 is 2.17 bits per heavy atom. The highest BCUT2D eigenvalue weighted by Crippen LogP contribution is 2.33. The van der Waals surface area contributed by atoms with Crippen LogP contribution in [0.4, 0.5) is 5.82 Å². The zero-order valence-electron chi connectivity index (χ0n) is 16.2. The lowest BCUT2D eigenvalue weighted by atomic mass is 10.1. The van der Waals surface area contributed by atoms with E-state index in [1.807, 2.05) is 11.9 Å². The van der Waals surface area contributed by atoms with E-state index >= 15 is 0 Å². The van der Waals surface area contributed by atoms with Gasteiger partial charge in [-0.1, -0.05) is 0 Å². The van der Waals surface area contributed by atoms with E-state index in [2.05, 4.69) is 20.4 Å². The Morgan fingerprint density at radius 1 is 1.34 bits per heavy atom. The molecule has 0 aliphatic carbocycles. The Labute approximate surface area is 172 Å². The predicted octanol–water partition coefficient (Wildman–Crippen LogP) is 0.531. The number of aliphatic hydroxyl groups is 2. The Hall–Kier alpha value is -1.60. The maximum atomic E-state index is 10.5. The van der Waals surface area contributed by atoms with Crippen molar-refractivity contribution in [3.63, 3.8) is 0 Å². The number of nitrogens with zero attached hydrogens (tertiary/aromatic N) is 5. The maximum absolute atomic E-state index is 10.5. The van der Waals surface area contributed by atoms with Crippen LogP contribution in [-0.4, -0.2) is 86.1 Å². The van der Waals surface area contributed by atoms with Crippen LogP contribution >= 0.6 is 11.6 Å². The summed E-state index contributed by atoms with van der Waals surface area (Å²) in [6, 6.07) is 0. The van der Waals surface area contributed by atoms with Gasteiger partial charge >= 0.3 is 0 Å². The van der Waals surface area contributed by atoms with Crippen LogP contribution in [0.5, 0.6) is 0 Å². The van der Waals surface area contributed by atoms with E-state index in [0.717, 1.165) is 19.4 Å². The van der Waals surface area contributed by atoms with Crippen molar-refractivity contribution in [2.45, 2.75) is 50.5 Å². The molecule has 160 valence electrons. The number of nitrogens with one attached hydrogen (secondary N) is 1. The van der Waals surface area contributed by atoms with Crippen LogP contribution in [0.2, 0.25) is 5.28 Å². The Morgan fingerprint density at radius 3 is 2.93 bits per heavy atom. The Balaban J connectivity index is 1.64. The van der Waals surface area contributed by atoms with Crippen LogP contribution in [0.3, 0.4) is 0 Å². The highest BCUT2D eigenvalue weighted by molar-refractivity contribution is 6.28. The average Bonchev–Trinajstić information content (AvgIpc) is 3.37. The second-order valence-electron chi connectivity index (χ2n) is 7.02. The fraction of sp³-hybridized carbons (Fsp3) is 0.706. The molecule has 2 aromatic rings. The summed E-state index contributed by atoms with van der Waals surface area (Å²) < 4.78 is 18.1. The molecule has 0 amide bonds. The highest BCUT2D eigenvalue weighted by atomic mass is 35.5. The molecule has 4 heterocycles. The average molecular weight is 429 g/mol. The lowest BCUT2D eigenvalue weighted by Crippen LogP contribution is -2.37. The first-order valence-electron chi connectivity index (χ1n) is 9.59. The van der Waals surface area contributed by atoms with Crippen LogP contribution in [0.15, 0.2) is 6.33 Å². The van der Waals surface area contributed by atoms with E-state index in [0.29, 0.717) is 23.6 Å². The zero-order chi connectivity index (χ0) is 20.5. The number of ether oxygens (including phenoxy) is 3. The molecule has 2 fully saturated rings. The molecule has 3 N–H and O–H groups in total. The summed E-state index contributed by atoms with van der Waals surface area (Å²) in [4.78, 5) is 12.9. The molecule has 2 aliphatic heterocycles. The van der Waals surface area contributed by atoms with Gasteiger partial charge in [-0.2, -0.15) is 15.0 Å². The molecule has 5 atom stereocenters. The molecule has 12 heteroatoms. The number of imidazole rings is 1. The maximum Gasteiger partial charge on any atom is 0.226 e. The van der Waals surface area contributed by atoms with Gasteiger partial charge in [-0.3, -0.25) is 9.99 Å². The molecule has 4 rings (SSSR count). The van der Waals surface area contributed by atoms with Crippen molar-refractivity contribution in [2.75, 3.05) is 32.3 Å². The van der Waals surface area contributed by atoms with Crippen molar-refractivity contribution < 1.29 is 24.4 Å². The summed E-state index contributed by atoms with van der Waals surface area (Å²) in [5.41, 5.74) is 4.09. The first-order valence-corrected chi connectivity index (χ1v) is 9.96. The molecule has 0 saturated carbocycles. The minimum Gasteiger partial charge on any atom is -0.387 e. The topological polar surface area (TPSA) is 127 Å². The fourth-order valence-corrected chi connectivity index (χ4v) is 3.95. The minimum atomic E-state index is -1.17. The Kier molecular flexibility index (Phi) is 6.16. The highest BCUT2D eigenvalue weighted by Gasteiger charge is 2.44. The number of aromatic nitrogens is 4. The van der Waals surface area contributed by atoms with Gasteiger partial charge in [0.05, 0.1) is 12.9 Å².